The standard InChI is InChI=1S/C21H26ClN5O2S/c1-14(2)23-19(28)13-30-21-24-17(22)11-18(25-21)26-9-10-27(15(3)12-26)20(29)16-7-5-4-6-8-16/h4-8,11,14-15H,9-10,12-13H2,1-3H3,(H,23,28). The second-order valence-corrected chi connectivity index (χ2v) is 8.83. The van der Waals surface area contributed by atoms with E-state index < -0.39 is 0 Å². The maximum Gasteiger partial charge on any atom is 0.254 e. The van der Waals surface area contributed by atoms with Crippen molar-refractivity contribution in [1.82, 2.24) is 20.2 Å². The predicted octanol–water partition coefficient (Wildman–Crippen LogP) is 3.10. The summed E-state index contributed by atoms with van der Waals surface area (Å²) in [5, 5.41) is 3.64. The average Bonchev–Trinajstić information content (AvgIpc) is 2.71. The Bertz CT molecular complexity index is 896. The van der Waals surface area contributed by atoms with E-state index in [1.807, 2.05) is 56.0 Å². The Kier molecular flexibility index (Phi) is 7.55. The lowest BCUT2D eigenvalue weighted by Crippen LogP contribution is -2.54. The molecular formula is C21H26ClN5O2S. The van der Waals surface area contributed by atoms with Crippen LogP contribution in [-0.4, -0.2) is 64.2 Å². The molecule has 1 aliphatic heterocycles. The Hall–Kier alpha value is -2.32. The van der Waals surface area contributed by atoms with Gasteiger partial charge in [-0.1, -0.05) is 41.6 Å². The summed E-state index contributed by atoms with van der Waals surface area (Å²) in [5.41, 5.74) is 0.696. The summed E-state index contributed by atoms with van der Waals surface area (Å²) in [7, 11) is 0. The van der Waals surface area contributed by atoms with Gasteiger partial charge < -0.3 is 15.1 Å². The fraction of sp³-hybridized carbons (Fsp3) is 0.429. The number of anilines is 1. The van der Waals surface area contributed by atoms with E-state index in [-0.39, 0.29) is 29.7 Å². The minimum Gasteiger partial charge on any atom is -0.353 e. The van der Waals surface area contributed by atoms with Crippen molar-refractivity contribution in [2.24, 2.45) is 0 Å². The Morgan fingerprint density at radius 3 is 2.63 bits per heavy atom. The molecule has 0 saturated carbocycles. The number of carbonyl (C=O) groups is 2. The van der Waals surface area contributed by atoms with Gasteiger partial charge in [-0.2, -0.15) is 0 Å². The van der Waals surface area contributed by atoms with Gasteiger partial charge in [-0.15, -0.1) is 0 Å². The number of hydrogen-bond donors (Lipinski definition) is 1. The third-order valence-electron chi connectivity index (χ3n) is 4.68. The lowest BCUT2D eigenvalue weighted by atomic mass is 10.1. The van der Waals surface area contributed by atoms with E-state index in [1.54, 1.807) is 6.07 Å². The number of carbonyl (C=O) groups excluding carboxylic acids is 2. The van der Waals surface area contributed by atoms with Crippen LogP contribution in [0.25, 0.3) is 0 Å². The molecule has 1 saturated heterocycles. The summed E-state index contributed by atoms with van der Waals surface area (Å²) in [4.78, 5) is 37.5. The fourth-order valence-corrected chi connectivity index (χ4v) is 4.21. The van der Waals surface area contributed by atoms with Gasteiger partial charge in [0.25, 0.3) is 5.91 Å². The first-order valence-electron chi connectivity index (χ1n) is 9.91. The zero-order chi connectivity index (χ0) is 21.7. The first kappa shape index (κ1) is 22.4. The van der Waals surface area contributed by atoms with Gasteiger partial charge in [-0.25, -0.2) is 9.97 Å². The first-order chi connectivity index (χ1) is 14.3. The lowest BCUT2D eigenvalue weighted by molar-refractivity contribution is -0.119. The molecule has 2 amide bonds. The van der Waals surface area contributed by atoms with Gasteiger partial charge in [0.2, 0.25) is 5.91 Å². The van der Waals surface area contributed by atoms with Crippen molar-refractivity contribution in [1.29, 1.82) is 0 Å². The van der Waals surface area contributed by atoms with Crippen LogP contribution < -0.4 is 10.2 Å². The number of aromatic nitrogens is 2. The predicted molar refractivity (Wildman–Crippen MR) is 120 cm³/mol. The molecule has 0 bridgehead atoms. The molecule has 2 aromatic rings. The third-order valence-corrected chi connectivity index (χ3v) is 5.72. The van der Waals surface area contributed by atoms with Crippen LogP contribution in [-0.2, 0) is 4.79 Å². The molecule has 30 heavy (non-hydrogen) atoms. The second kappa shape index (κ2) is 10.1. The molecule has 1 unspecified atom stereocenters. The number of amides is 2. The molecule has 1 aromatic heterocycles. The van der Waals surface area contributed by atoms with Crippen molar-refractivity contribution < 1.29 is 9.59 Å². The van der Waals surface area contributed by atoms with Crippen molar-refractivity contribution >= 4 is 41.0 Å². The van der Waals surface area contributed by atoms with E-state index in [0.717, 1.165) is 0 Å². The monoisotopic (exact) mass is 447 g/mol. The molecule has 1 N–H and O–H groups in total. The number of rotatable bonds is 6. The molecule has 0 spiro atoms. The van der Waals surface area contributed by atoms with Crippen LogP contribution in [0.4, 0.5) is 5.82 Å². The van der Waals surface area contributed by atoms with E-state index in [2.05, 4.69) is 20.2 Å². The van der Waals surface area contributed by atoms with E-state index in [0.29, 0.717) is 41.3 Å². The average molecular weight is 448 g/mol. The normalized spacial score (nSPS) is 16.6. The number of nitrogens with one attached hydrogen (secondary N) is 1. The van der Waals surface area contributed by atoms with Gasteiger partial charge >= 0.3 is 0 Å². The highest BCUT2D eigenvalue weighted by molar-refractivity contribution is 7.99. The highest BCUT2D eigenvalue weighted by Gasteiger charge is 2.29. The molecule has 1 atom stereocenters. The molecule has 0 aliphatic carbocycles. The largest absolute Gasteiger partial charge is 0.353 e. The quantitative estimate of drug-likeness (QED) is 0.416. The van der Waals surface area contributed by atoms with Crippen LogP contribution in [0.1, 0.15) is 31.1 Å². The van der Waals surface area contributed by atoms with E-state index in [9.17, 15) is 9.59 Å². The van der Waals surface area contributed by atoms with Crippen molar-refractivity contribution in [3.63, 3.8) is 0 Å². The number of hydrogen-bond acceptors (Lipinski definition) is 6. The van der Waals surface area contributed by atoms with Crippen LogP contribution in [0.3, 0.4) is 0 Å². The molecule has 1 fully saturated rings. The maximum atomic E-state index is 12.8. The van der Waals surface area contributed by atoms with Crippen molar-refractivity contribution in [3.8, 4) is 0 Å². The lowest BCUT2D eigenvalue weighted by Gasteiger charge is -2.40. The molecule has 2 heterocycles. The summed E-state index contributed by atoms with van der Waals surface area (Å²) >= 11 is 7.46. The molecule has 9 heteroatoms. The van der Waals surface area contributed by atoms with Gasteiger partial charge in [0.05, 0.1) is 5.75 Å². The summed E-state index contributed by atoms with van der Waals surface area (Å²) in [6, 6.07) is 11.2. The van der Waals surface area contributed by atoms with Crippen LogP contribution >= 0.6 is 23.4 Å². The van der Waals surface area contributed by atoms with Crippen LogP contribution in [0.15, 0.2) is 41.6 Å². The Morgan fingerprint density at radius 2 is 1.97 bits per heavy atom. The minimum absolute atomic E-state index is 0.0214. The summed E-state index contributed by atoms with van der Waals surface area (Å²) in [6.45, 7) is 7.75. The van der Waals surface area contributed by atoms with E-state index in [1.165, 1.54) is 11.8 Å². The molecule has 3 rings (SSSR count). The third kappa shape index (κ3) is 5.86. The SMILES string of the molecule is CC(C)NC(=O)CSc1nc(Cl)cc(N2CCN(C(=O)c3ccccc3)C(C)C2)n1. The van der Waals surface area contributed by atoms with Crippen molar-refractivity contribution in [3.05, 3.63) is 47.1 Å². The number of benzene rings is 1. The Morgan fingerprint density at radius 1 is 1.23 bits per heavy atom. The van der Waals surface area contributed by atoms with Crippen LogP contribution in [0.5, 0.6) is 0 Å². The molecule has 1 aromatic carbocycles. The highest BCUT2D eigenvalue weighted by atomic mass is 35.5. The smallest absolute Gasteiger partial charge is 0.254 e. The van der Waals surface area contributed by atoms with Gasteiger partial charge in [0.15, 0.2) is 5.16 Å². The molecule has 7 nitrogen and oxygen atoms in total. The number of halogens is 1. The second-order valence-electron chi connectivity index (χ2n) is 7.50. The number of piperazine rings is 1. The van der Waals surface area contributed by atoms with Crippen molar-refractivity contribution in [2.45, 2.75) is 38.0 Å². The zero-order valence-corrected chi connectivity index (χ0v) is 18.9. The van der Waals surface area contributed by atoms with Crippen LogP contribution in [0, 0.1) is 0 Å². The molecule has 0 radical (unpaired) electrons. The van der Waals surface area contributed by atoms with Gasteiger partial charge in [0, 0.05) is 43.3 Å². The number of thioether (sulfide) groups is 1. The minimum atomic E-state index is -0.0678. The molecule has 160 valence electrons. The van der Waals surface area contributed by atoms with Crippen molar-refractivity contribution in [2.75, 3.05) is 30.3 Å². The van der Waals surface area contributed by atoms with Gasteiger partial charge in [-0.05, 0) is 32.9 Å². The number of nitrogens with zero attached hydrogens (tertiary/aromatic N) is 4. The summed E-state index contributed by atoms with van der Waals surface area (Å²) in [6.07, 6.45) is 0. The van der Waals surface area contributed by atoms with Gasteiger partial charge in [-0.3, -0.25) is 9.59 Å². The van der Waals surface area contributed by atoms with E-state index >= 15 is 0 Å². The fourth-order valence-electron chi connectivity index (χ4n) is 3.32. The molecular weight excluding hydrogens is 422 g/mol. The van der Waals surface area contributed by atoms with Crippen LogP contribution in [0.2, 0.25) is 5.15 Å². The summed E-state index contributed by atoms with van der Waals surface area (Å²) in [5.74, 6) is 0.909. The zero-order valence-electron chi connectivity index (χ0n) is 17.3. The maximum absolute atomic E-state index is 12.8. The Labute approximate surface area is 186 Å². The molecule has 1 aliphatic rings. The topological polar surface area (TPSA) is 78.4 Å². The Balaban J connectivity index is 1.65. The van der Waals surface area contributed by atoms with E-state index in [4.69, 9.17) is 11.6 Å². The summed E-state index contributed by atoms with van der Waals surface area (Å²) < 4.78 is 0. The van der Waals surface area contributed by atoms with Gasteiger partial charge in [0.1, 0.15) is 11.0 Å². The highest BCUT2D eigenvalue weighted by Crippen LogP contribution is 2.24. The first-order valence-corrected chi connectivity index (χ1v) is 11.3.